The molecule has 12 heteroatoms. The number of ether oxygens (including phenoxy) is 1. The van der Waals surface area contributed by atoms with Gasteiger partial charge in [0.15, 0.2) is 0 Å². The number of esters is 1. The standard InChI is InChI=1S/C11H5F5I2O5/c12-10(13,9(21)22)8(11(14,15)16)23-7(20)4-1-3(17)2-5(18)6(4)19/h1-2,8,19H,(H,21,22)/p-1. The quantitative estimate of drug-likeness (QED) is 0.344. The fourth-order valence-corrected chi connectivity index (χ4v) is 3.19. The molecule has 0 heterocycles. The van der Waals surface area contributed by atoms with Crippen LogP contribution >= 0.6 is 45.2 Å². The van der Waals surface area contributed by atoms with Crippen molar-refractivity contribution in [2.75, 3.05) is 0 Å². The van der Waals surface area contributed by atoms with E-state index in [4.69, 9.17) is 0 Å². The highest BCUT2D eigenvalue weighted by Crippen LogP contribution is 2.36. The van der Waals surface area contributed by atoms with Gasteiger partial charge in [-0.3, -0.25) is 0 Å². The van der Waals surface area contributed by atoms with Crippen molar-refractivity contribution in [2.24, 2.45) is 0 Å². The van der Waals surface area contributed by atoms with Crippen molar-refractivity contribution in [2.45, 2.75) is 18.2 Å². The summed E-state index contributed by atoms with van der Waals surface area (Å²) < 4.78 is 68.0. The molecule has 0 aliphatic heterocycles. The van der Waals surface area contributed by atoms with Gasteiger partial charge in [-0.25, -0.2) is 4.79 Å². The molecule has 0 radical (unpaired) electrons. The van der Waals surface area contributed by atoms with Gasteiger partial charge in [-0.2, -0.15) is 22.0 Å². The molecule has 0 saturated heterocycles. The smallest absolute Gasteiger partial charge is 0.432 e. The summed E-state index contributed by atoms with van der Waals surface area (Å²) in [6.45, 7) is 0. The largest absolute Gasteiger partial charge is 0.544 e. The van der Waals surface area contributed by atoms with E-state index in [9.17, 15) is 41.8 Å². The summed E-state index contributed by atoms with van der Waals surface area (Å²) in [5, 5.41) is 19.8. The zero-order valence-electron chi connectivity index (χ0n) is 10.5. The molecule has 1 N–H and O–H groups in total. The van der Waals surface area contributed by atoms with Crippen molar-refractivity contribution in [1.29, 1.82) is 0 Å². The van der Waals surface area contributed by atoms with Crippen LogP contribution in [-0.4, -0.2) is 35.2 Å². The van der Waals surface area contributed by atoms with Crippen molar-refractivity contribution in [1.82, 2.24) is 0 Å². The topological polar surface area (TPSA) is 86.7 Å². The molecule has 0 amide bonds. The molecule has 1 aromatic carbocycles. The normalized spacial score (nSPS) is 13.5. The average Bonchev–Trinajstić information content (AvgIpc) is 2.38. The highest BCUT2D eigenvalue weighted by atomic mass is 127. The van der Waals surface area contributed by atoms with Crippen LogP contribution < -0.4 is 5.11 Å². The number of hydrogen-bond acceptors (Lipinski definition) is 5. The lowest BCUT2D eigenvalue weighted by molar-refractivity contribution is -0.350. The van der Waals surface area contributed by atoms with Gasteiger partial charge in [0.25, 0.3) is 6.10 Å². The zero-order valence-corrected chi connectivity index (χ0v) is 14.8. The zero-order chi connectivity index (χ0) is 18.2. The number of aromatic hydroxyl groups is 1. The molecule has 23 heavy (non-hydrogen) atoms. The van der Waals surface area contributed by atoms with E-state index in [0.717, 1.165) is 6.07 Å². The van der Waals surface area contributed by atoms with Crippen LogP contribution in [-0.2, 0) is 9.53 Å². The second-order valence-electron chi connectivity index (χ2n) is 4.02. The van der Waals surface area contributed by atoms with Gasteiger partial charge in [-0.15, -0.1) is 0 Å². The van der Waals surface area contributed by atoms with Crippen molar-refractivity contribution in [3.8, 4) is 5.75 Å². The minimum Gasteiger partial charge on any atom is -0.544 e. The SMILES string of the molecule is O=C(OC(C(F)(F)F)C(F)(F)C(=O)[O-])c1cc(I)cc(I)c1O. The number of rotatable bonds is 4. The Bertz CT molecular complexity index is 646. The Morgan fingerprint density at radius 2 is 1.70 bits per heavy atom. The van der Waals surface area contributed by atoms with Crippen molar-refractivity contribution < 1.29 is 46.5 Å². The lowest BCUT2D eigenvalue weighted by atomic mass is 10.1. The molecule has 0 saturated carbocycles. The number of phenolic OH excluding ortho intramolecular Hbond substituents is 1. The minimum absolute atomic E-state index is 0.0525. The monoisotopic (exact) mass is 565 g/mol. The Labute approximate surface area is 152 Å². The molecular formula is C11H4F5I2O5-. The van der Waals surface area contributed by atoms with Crippen LogP contribution in [0.15, 0.2) is 12.1 Å². The van der Waals surface area contributed by atoms with Gasteiger partial charge >= 0.3 is 18.1 Å². The van der Waals surface area contributed by atoms with E-state index >= 15 is 0 Å². The second kappa shape index (κ2) is 6.90. The summed E-state index contributed by atoms with van der Waals surface area (Å²) in [7, 11) is 0. The molecule has 1 aromatic rings. The molecule has 0 aromatic heterocycles. The predicted molar refractivity (Wildman–Crippen MR) is 78.8 cm³/mol. The maximum atomic E-state index is 13.1. The molecule has 0 bridgehead atoms. The first-order valence-electron chi connectivity index (χ1n) is 5.33. The fraction of sp³-hybridized carbons (Fsp3) is 0.273. The van der Waals surface area contributed by atoms with E-state index in [1.54, 1.807) is 45.2 Å². The van der Waals surface area contributed by atoms with Gasteiger partial charge in [-0.05, 0) is 57.3 Å². The van der Waals surface area contributed by atoms with Gasteiger partial charge < -0.3 is 19.7 Å². The predicted octanol–water partition coefficient (Wildman–Crippen LogP) is 2.07. The summed E-state index contributed by atoms with van der Waals surface area (Å²) in [6.07, 6.45) is -10.1. The van der Waals surface area contributed by atoms with Gasteiger partial charge in [0.05, 0.1) is 3.57 Å². The molecular weight excluding hydrogens is 561 g/mol. The van der Waals surface area contributed by atoms with Crippen LogP contribution in [0.25, 0.3) is 0 Å². The van der Waals surface area contributed by atoms with Gasteiger partial charge in [0.2, 0.25) is 0 Å². The number of benzene rings is 1. The van der Waals surface area contributed by atoms with E-state index in [1.807, 2.05) is 0 Å². The first-order chi connectivity index (χ1) is 10.3. The molecule has 0 spiro atoms. The van der Waals surface area contributed by atoms with Crippen molar-refractivity contribution in [3.63, 3.8) is 0 Å². The highest BCUT2D eigenvalue weighted by Gasteiger charge is 2.60. The number of aliphatic carboxylic acids is 1. The molecule has 0 aliphatic rings. The molecule has 0 aliphatic carbocycles. The Hall–Kier alpha value is -0.930. The van der Waals surface area contributed by atoms with Gasteiger partial charge in [-0.1, -0.05) is 0 Å². The molecule has 1 unspecified atom stereocenters. The van der Waals surface area contributed by atoms with Crippen LogP contribution in [0.4, 0.5) is 22.0 Å². The molecule has 1 atom stereocenters. The van der Waals surface area contributed by atoms with E-state index in [1.165, 1.54) is 6.07 Å². The summed E-state index contributed by atoms with van der Waals surface area (Å²) in [5.74, 6) is -11.6. The fourth-order valence-electron chi connectivity index (χ4n) is 1.35. The minimum atomic E-state index is -5.87. The van der Waals surface area contributed by atoms with Gasteiger partial charge in [0.1, 0.15) is 17.3 Å². The third-order valence-electron chi connectivity index (χ3n) is 2.37. The number of carboxylic acid groups (broad SMARTS) is 1. The van der Waals surface area contributed by atoms with Crippen LogP contribution in [0.1, 0.15) is 10.4 Å². The number of carbonyl (C=O) groups is 2. The summed E-state index contributed by atoms with van der Waals surface area (Å²) in [6, 6.07) is 2.25. The lowest BCUT2D eigenvalue weighted by Crippen LogP contribution is -2.57. The number of hydrogen-bond donors (Lipinski definition) is 1. The number of alkyl halides is 5. The molecule has 1 rings (SSSR count). The Kier molecular flexibility index (Phi) is 6.04. The second-order valence-corrected chi connectivity index (χ2v) is 6.43. The molecule has 5 nitrogen and oxygen atoms in total. The lowest BCUT2D eigenvalue weighted by Gasteiger charge is -2.28. The number of carbonyl (C=O) groups excluding carboxylic acids is 2. The Morgan fingerprint density at radius 3 is 2.13 bits per heavy atom. The first-order valence-corrected chi connectivity index (χ1v) is 7.49. The maximum Gasteiger partial charge on any atom is 0.432 e. The van der Waals surface area contributed by atoms with Crippen LogP contribution in [0.3, 0.4) is 0 Å². The average molecular weight is 565 g/mol. The van der Waals surface area contributed by atoms with E-state index in [0.29, 0.717) is 3.57 Å². The summed E-state index contributed by atoms with van der Waals surface area (Å²) in [4.78, 5) is 21.9. The first kappa shape index (κ1) is 20.1. The summed E-state index contributed by atoms with van der Waals surface area (Å²) in [5.41, 5.74) is -0.815. The third kappa shape index (κ3) is 4.54. The van der Waals surface area contributed by atoms with Gasteiger partial charge in [0, 0.05) is 3.57 Å². The van der Waals surface area contributed by atoms with Crippen LogP contribution in [0.2, 0.25) is 0 Å². The Balaban J connectivity index is 3.26. The third-order valence-corrected chi connectivity index (χ3v) is 3.82. The number of halogens is 7. The van der Waals surface area contributed by atoms with E-state index < -0.39 is 41.5 Å². The van der Waals surface area contributed by atoms with E-state index in [2.05, 4.69) is 4.74 Å². The van der Waals surface area contributed by atoms with E-state index in [-0.39, 0.29) is 3.57 Å². The maximum absolute atomic E-state index is 13.1. The molecule has 0 fully saturated rings. The van der Waals surface area contributed by atoms with Crippen LogP contribution in [0.5, 0.6) is 5.75 Å². The highest BCUT2D eigenvalue weighted by molar-refractivity contribution is 14.1. The molecule has 128 valence electrons. The number of carboxylic acids is 1. The van der Waals surface area contributed by atoms with Crippen molar-refractivity contribution in [3.05, 3.63) is 24.8 Å². The van der Waals surface area contributed by atoms with Crippen LogP contribution in [0, 0.1) is 7.14 Å². The number of phenols is 1. The van der Waals surface area contributed by atoms with Crippen molar-refractivity contribution >= 4 is 57.1 Å². The summed E-state index contributed by atoms with van der Waals surface area (Å²) >= 11 is 3.21. The Morgan fingerprint density at radius 1 is 1.17 bits per heavy atom.